The number of likely N-dealkylation sites (tertiary alicyclic amines) is 1. The molecule has 2 aliphatic heterocycles. The zero-order valence-electron chi connectivity index (χ0n) is 14.6. The second-order valence-electron chi connectivity index (χ2n) is 7.02. The number of nitrogens with zero attached hydrogens (tertiary/aromatic N) is 3. The van der Waals surface area contributed by atoms with Crippen LogP contribution in [-0.2, 0) is 20.8 Å². The Morgan fingerprint density at radius 3 is 2.88 bits per heavy atom. The van der Waals surface area contributed by atoms with E-state index in [1.165, 1.54) is 0 Å². The molecule has 0 radical (unpaired) electrons. The van der Waals surface area contributed by atoms with Crippen molar-refractivity contribution in [2.75, 3.05) is 40.4 Å². The van der Waals surface area contributed by atoms with Crippen molar-refractivity contribution in [2.45, 2.75) is 37.5 Å². The van der Waals surface area contributed by atoms with E-state index in [-0.39, 0.29) is 24.2 Å². The molecule has 1 atom stereocenters. The predicted molar refractivity (Wildman–Crippen MR) is 90.5 cm³/mol. The lowest BCUT2D eigenvalue weighted by molar-refractivity contribution is -0.135. The molecule has 0 N–H and O–H groups in total. The maximum atomic E-state index is 11.6. The number of carbonyl (C=O) groups is 1. The van der Waals surface area contributed by atoms with Crippen molar-refractivity contribution < 1.29 is 14.3 Å². The van der Waals surface area contributed by atoms with Crippen LogP contribution in [0.4, 0.5) is 0 Å². The largest absolute Gasteiger partial charge is 0.372 e. The standard InChI is InChI=1S/C18H27N3O3/c1-20(2)17(22)14-23-16-11-18(24-13-16)6-9-21(10-7-18)12-15-5-3-4-8-19-15/h3-5,8,16H,6-7,9-14H2,1-2H3. The van der Waals surface area contributed by atoms with Gasteiger partial charge in [0.25, 0.3) is 0 Å². The van der Waals surface area contributed by atoms with Gasteiger partial charge in [0, 0.05) is 46.3 Å². The molecule has 0 aliphatic carbocycles. The zero-order chi connectivity index (χ0) is 17.0. The van der Waals surface area contributed by atoms with Crippen molar-refractivity contribution in [3.8, 4) is 0 Å². The van der Waals surface area contributed by atoms with Gasteiger partial charge in [-0.2, -0.15) is 0 Å². The lowest BCUT2D eigenvalue weighted by Crippen LogP contribution is -2.44. The van der Waals surface area contributed by atoms with Gasteiger partial charge in [0.2, 0.25) is 5.91 Å². The maximum Gasteiger partial charge on any atom is 0.248 e. The molecule has 0 bridgehead atoms. The predicted octanol–water partition coefficient (Wildman–Crippen LogP) is 1.31. The third kappa shape index (κ3) is 4.32. The van der Waals surface area contributed by atoms with Crippen LogP contribution >= 0.6 is 0 Å². The molecule has 3 heterocycles. The number of ether oxygens (including phenoxy) is 2. The Balaban J connectivity index is 1.44. The second-order valence-corrected chi connectivity index (χ2v) is 7.02. The Morgan fingerprint density at radius 1 is 1.42 bits per heavy atom. The monoisotopic (exact) mass is 333 g/mol. The number of piperidine rings is 1. The number of rotatable bonds is 5. The van der Waals surface area contributed by atoms with Gasteiger partial charge in [0.1, 0.15) is 6.61 Å². The minimum absolute atomic E-state index is 0.00105. The van der Waals surface area contributed by atoms with Crippen LogP contribution in [0.5, 0.6) is 0 Å². The summed E-state index contributed by atoms with van der Waals surface area (Å²) in [6, 6.07) is 6.05. The van der Waals surface area contributed by atoms with Gasteiger partial charge in [-0.1, -0.05) is 6.07 Å². The van der Waals surface area contributed by atoms with E-state index in [1.54, 1.807) is 19.0 Å². The summed E-state index contributed by atoms with van der Waals surface area (Å²) in [5, 5.41) is 0. The summed E-state index contributed by atoms with van der Waals surface area (Å²) in [6.45, 7) is 3.66. The summed E-state index contributed by atoms with van der Waals surface area (Å²) in [7, 11) is 3.49. The molecule has 24 heavy (non-hydrogen) atoms. The molecule has 1 amide bonds. The minimum atomic E-state index is -0.0630. The van der Waals surface area contributed by atoms with E-state index in [2.05, 4.69) is 16.0 Å². The third-order valence-corrected chi connectivity index (χ3v) is 5.00. The first-order valence-electron chi connectivity index (χ1n) is 8.64. The van der Waals surface area contributed by atoms with Crippen molar-refractivity contribution >= 4 is 5.91 Å². The summed E-state index contributed by atoms with van der Waals surface area (Å²) in [4.78, 5) is 20.0. The van der Waals surface area contributed by atoms with Crippen molar-refractivity contribution in [2.24, 2.45) is 0 Å². The Labute approximate surface area is 143 Å². The normalized spacial score (nSPS) is 23.5. The van der Waals surface area contributed by atoms with Gasteiger partial charge in [-0.05, 0) is 25.0 Å². The van der Waals surface area contributed by atoms with E-state index < -0.39 is 0 Å². The molecule has 3 rings (SSSR count). The smallest absolute Gasteiger partial charge is 0.248 e. The van der Waals surface area contributed by atoms with E-state index in [0.29, 0.717) is 6.61 Å². The van der Waals surface area contributed by atoms with Crippen LogP contribution in [0.3, 0.4) is 0 Å². The first-order chi connectivity index (χ1) is 11.6. The molecule has 6 nitrogen and oxygen atoms in total. The third-order valence-electron chi connectivity index (χ3n) is 5.00. The van der Waals surface area contributed by atoms with Crippen LogP contribution < -0.4 is 0 Å². The highest BCUT2D eigenvalue weighted by Gasteiger charge is 2.43. The van der Waals surface area contributed by atoms with Gasteiger partial charge in [0.05, 0.1) is 24.0 Å². The molecular formula is C18H27N3O3. The van der Waals surface area contributed by atoms with Crippen molar-refractivity contribution in [1.82, 2.24) is 14.8 Å². The number of carbonyl (C=O) groups excluding carboxylic acids is 1. The van der Waals surface area contributed by atoms with Crippen molar-refractivity contribution in [1.29, 1.82) is 0 Å². The number of aromatic nitrogens is 1. The number of hydrogen-bond acceptors (Lipinski definition) is 5. The van der Waals surface area contributed by atoms with Crippen molar-refractivity contribution in [3.05, 3.63) is 30.1 Å². The highest BCUT2D eigenvalue weighted by atomic mass is 16.6. The second kappa shape index (κ2) is 7.59. The lowest BCUT2D eigenvalue weighted by atomic mass is 9.88. The summed E-state index contributed by atoms with van der Waals surface area (Å²) in [6.07, 6.45) is 4.81. The molecule has 1 aromatic rings. The molecule has 1 spiro atoms. The summed E-state index contributed by atoms with van der Waals surface area (Å²) < 4.78 is 11.8. The number of likely N-dealkylation sites (N-methyl/N-ethyl adjacent to an activating group) is 1. The van der Waals surface area contributed by atoms with E-state index >= 15 is 0 Å². The molecule has 1 unspecified atom stereocenters. The van der Waals surface area contributed by atoms with Crippen LogP contribution in [0.25, 0.3) is 0 Å². The molecule has 6 heteroatoms. The molecule has 2 saturated heterocycles. The molecule has 0 aromatic carbocycles. The summed E-state index contributed by atoms with van der Waals surface area (Å²) >= 11 is 0. The van der Waals surface area contributed by atoms with Crippen LogP contribution in [-0.4, -0.2) is 72.8 Å². The maximum absolute atomic E-state index is 11.6. The first kappa shape index (κ1) is 17.3. The number of amides is 1. The molecule has 132 valence electrons. The van der Waals surface area contributed by atoms with Gasteiger partial charge in [-0.3, -0.25) is 14.7 Å². The number of hydrogen-bond donors (Lipinski definition) is 0. The van der Waals surface area contributed by atoms with Gasteiger partial charge in [0.15, 0.2) is 0 Å². The van der Waals surface area contributed by atoms with E-state index in [0.717, 1.165) is 44.6 Å². The fourth-order valence-corrected chi connectivity index (χ4v) is 3.42. The molecular weight excluding hydrogens is 306 g/mol. The molecule has 0 saturated carbocycles. The summed E-state index contributed by atoms with van der Waals surface area (Å²) in [5.41, 5.74) is 1.05. The van der Waals surface area contributed by atoms with Gasteiger partial charge >= 0.3 is 0 Å². The van der Waals surface area contributed by atoms with Gasteiger partial charge in [-0.25, -0.2) is 0 Å². The fourth-order valence-electron chi connectivity index (χ4n) is 3.42. The van der Waals surface area contributed by atoms with Crippen LogP contribution in [0.1, 0.15) is 25.0 Å². The molecule has 1 aromatic heterocycles. The zero-order valence-corrected chi connectivity index (χ0v) is 14.6. The highest BCUT2D eigenvalue weighted by Crippen LogP contribution is 2.37. The Bertz CT molecular complexity index is 542. The van der Waals surface area contributed by atoms with E-state index in [1.807, 2.05) is 18.3 Å². The quantitative estimate of drug-likeness (QED) is 0.813. The average molecular weight is 333 g/mol. The van der Waals surface area contributed by atoms with E-state index in [4.69, 9.17) is 9.47 Å². The SMILES string of the molecule is CN(C)C(=O)COC1COC2(CCN(Cc3ccccn3)CC2)C1. The molecule has 2 fully saturated rings. The Morgan fingerprint density at radius 2 is 2.21 bits per heavy atom. The van der Waals surface area contributed by atoms with Gasteiger partial charge < -0.3 is 14.4 Å². The summed E-state index contributed by atoms with van der Waals surface area (Å²) in [5.74, 6) is 0.00105. The van der Waals surface area contributed by atoms with Crippen molar-refractivity contribution in [3.63, 3.8) is 0 Å². The Hall–Kier alpha value is -1.50. The Kier molecular flexibility index (Phi) is 5.48. The van der Waals surface area contributed by atoms with Crippen LogP contribution in [0.2, 0.25) is 0 Å². The lowest BCUT2D eigenvalue weighted by Gasteiger charge is -2.38. The van der Waals surface area contributed by atoms with E-state index in [9.17, 15) is 4.79 Å². The first-order valence-corrected chi connectivity index (χ1v) is 8.64. The molecule has 2 aliphatic rings. The minimum Gasteiger partial charge on any atom is -0.372 e. The highest BCUT2D eigenvalue weighted by molar-refractivity contribution is 5.76. The topological polar surface area (TPSA) is 54.9 Å². The van der Waals surface area contributed by atoms with Crippen LogP contribution in [0.15, 0.2) is 24.4 Å². The van der Waals surface area contributed by atoms with Gasteiger partial charge in [-0.15, -0.1) is 0 Å². The average Bonchev–Trinajstić information content (AvgIpc) is 2.99. The van der Waals surface area contributed by atoms with Crippen LogP contribution in [0, 0.1) is 0 Å². The number of pyridine rings is 1. The fraction of sp³-hybridized carbons (Fsp3) is 0.667.